The Bertz CT molecular complexity index is 1090. The molecule has 1 fully saturated rings. The van der Waals surface area contributed by atoms with Gasteiger partial charge in [0.05, 0.1) is 16.6 Å². The quantitative estimate of drug-likeness (QED) is 0.424. The molecule has 1 saturated heterocycles. The lowest BCUT2D eigenvalue weighted by Crippen LogP contribution is -2.42. The Labute approximate surface area is 181 Å². The van der Waals surface area contributed by atoms with Gasteiger partial charge in [0.25, 0.3) is 0 Å². The molecule has 0 amide bonds. The molecule has 2 aromatic carbocycles. The van der Waals surface area contributed by atoms with E-state index >= 15 is 0 Å². The van der Waals surface area contributed by atoms with Gasteiger partial charge in [-0.1, -0.05) is 24.3 Å². The molecule has 0 atom stereocenters. The van der Waals surface area contributed by atoms with E-state index in [9.17, 15) is 27.1 Å². The van der Waals surface area contributed by atoms with E-state index in [1.54, 1.807) is 12.1 Å². The third kappa shape index (κ3) is 4.42. The molecule has 1 aliphatic heterocycles. The molecule has 169 valence electrons. The molecule has 0 unspecified atom stereocenters. The normalized spacial score (nSPS) is 15.8. The van der Waals surface area contributed by atoms with E-state index < -0.39 is 18.0 Å². The summed E-state index contributed by atoms with van der Waals surface area (Å²) >= 11 is 0. The van der Waals surface area contributed by atoms with E-state index in [4.69, 9.17) is 0 Å². The predicted molar refractivity (Wildman–Crippen MR) is 109 cm³/mol. The third-order valence-electron chi connectivity index (χ3n) is 5.71. The summed E-state index contributed by atoms with van der Waals surface area (Å²) in [5.74, 6) is -0.492. The van der Waals surface area contributed by atoms with Crippen molar-refractivity contribution in [1.82, 2.24) is 4.98 Å². The van der Waals surface area contributed by atoms with Crippen molar-refractivity contribution >= 4 is 16.6 Å². The first-order valence-electron chi connectivity index (χ1n) is 10.2. The van der Waals surface area contributed by atoms with E-state index in [0.717, 1.165) is 11.8 Å². The van der Waals surface area contributed by atoms with Gasteiger partial charge in [-0.25, -0.2) is 0 Å². The first kappa shape index (κ1) is 22.1. The number of piperidine rings is 1. The smallest absolute Gasteiger partial charge is 0.425 e. The number of ether oxygens (including phenoxy) is 1. The molecule has 1 radical (unpaired) electrons. The number of benzene rings is 2. The second-order valence-corrected chi connectivity index (χ2v) is 7.84. The fourth-order valence-corrected chi connectivity index (χ4v) is 4.08. The van der Waals surface area contributed by atoms with Crippen LogP contribution in [-0.2, 0) is 11.5 Å². The molecule has 0 aliphatic carbocycles. The summed E-state index contributed by atoms with van der Waals surface area (Å²) in [5, 5.41) is 12.9. The van der Waals surface area contributed by atoms with Crippen LogP contribution in [0.4, 0.5) is 27.6 Å². The maximum absolute atomic E-state index is 13.4. The van der Waals surface area contributed by atoms with Gasteiger partial charge in [-0.15, -0.1) is 0 Å². The number of rotatable bonds is 5. The standard InChI is InChI=1S/C23H20F5N2O2/c24-22(25,26)23(27,28)32-20-7-2-1-4-16(20)14-15-9-12-30(13-10-15)18-6-3-5-17-21(18)19(31)8-11-29-17/h1-8,11,15H,9-10,12-14H2. The highest BCUT2D eigenvalue weighted by molar-refractivity contribution is 5.96. The second-order valence-electron chi connectivity index (χ2n) is 7.84. The Morgan fingerprint density at radius 1 is 0.969 bits per heavy atom. The van der Waals surface area contributed by atoms with E-state index in [2.05, 4.69) is 14.6 Å². The Kier molecular flexibility index (Phi) is 5.83. The van der Waals surface area contributed by atoms with Gasteiger partial charge in [0.15, 0.2) is 5.75 Å². The largest absolute Gasteiger partial charge is 0.499 e. The van der Waals surface area contributed by atoms with Gasteiger partial charge in [0.2, 0.25) is 0 Å². The highest BCUT2D eigenvalue weighted by Crippen LogP contribution is 2.40. The molecule has 4 nitrogen and oxygen atoms in total. The zero-order valence-electron chi connectivity index (χ0n) is 16.9. The molecule has 0 saturated carbocycles. The van der Waals surface area contributed by atoms with Crippen molar-refractivity contribution < 1.29 is 31.8 Å². The molecule has 2 heterocycles. The lowest BCUT2D eigenvalue weighted by molar-refractivity contribution is -0.360. The molecule has 4 rings (SSSR count). The molecule has 1 aromatic heterocycles. The number of pyridine rings is 1. The van der Waals surface area contributed by atoms with Gasteiger partial charge >= 0.3 is 12.3 Å². The van der Waals surface area contributed by atoms with E-state index in [0.29, 0.717) is 48.8 Å². The van der Waals surface area contributed by atoms with Crippen LogP contribution in [0.5, 0.6) is 11.5 Å². The van der Waals surface area contributed by atoms with Crippen molar-refractivity contribution in [3.63, 3.8) is 0 Å². The van der Waals surface area contributed by atoms with Gasteiger partial charge < -0.3 is 9.64 Å². The van der Waals surface area contributed by atoms with Gasteiger partial charge in [-0.2, -0.15) is 22.0 Å². The average molecular weight is 451 g/mol. The van der Waals surface area contributed by atoms with Gasteiger partial charge in [0.1, 0.15) is 5.75 Å². The minimum Gasteiger partial charge on any atom is -0.425 e. The van der Waals surface area contributed by atoms with Crippen LogP contribution in [0.25, 0.3) is 10.9 Å². The minimum atomic E-state index is -5.79. The Morgan fingerprint density at radius 2 is 1.69 bits per heavy atom. The summed E-state index contributed by atoms with van der Waals surface area (Å²) < 4.78 is 68.5. The van der Waals surface area contributed by atoms with E-state index in [1.165, 1.54) is 24.4 Å². The first-order chi connectivity index (χ1) is 15.2. The van der Waals surface area contributed by atoms with Crippen LogP contribution < -0.4 is 9.64 Å². The number of para-hydroxylation sites is 1. The van der Waals surface area contributed by atoms with E-state index in [1.807, 2.05) is 12.1 Å². The number of aromatic nitrogens is 1. The maximum Gasteiger partial charge on any atom is 0.499 e. The molecular formula is C23H20F5N2O2. The molecule has 0 bridgehead atoms. The van der Waals surface area contributed by atoms with Crippen molar-refractivity contribution in [2.24, 2.45) is 5.92 Å². The van der Waals surface area contributed by atoms with Crippen LogP contribution in [0.1, 0.15) is 18.4 Å². The molecule has 3 aromatic rings. The number of hydrogen-bond donors (Lipinski definition) is 0. The minimum absolute atomic E-state index is 0.0790. The number of nitrogens with zero attached hydrogens (tertiary/aromatic N) is 2. The SMILES string of the molecule is [O]c1ccnc2cccc(N3CCC(Cc4ccccc4OC(F)(F)C(F)(F)F)CC3)c12. The third-order valence-corrected chi connectivity index (χ3v) is 5.71. The second kappa shape index (κ2) is 8.44. The molecule has 32 heavy (non-hydrogen) atoms. The Hall–Kier alpha value is -3.10. The molecule has 1 aliphatic rings. The van der Waals surface area contributed by atoms with Crippen LogP contribution in [0, 0.1) is 5.92 Å². The zero-order valence-corrected chi connectivity index (χ0v) is 16.9. The van der Waals surface area contributed by atoms with Crippen LogP contribution in [0.15, 0.2) is 54.7 Å². The average Bonchev–Trinajstić information content (AvgIpc) is 2.75. The zero-order chi connectivity index (χ0) is 22.9. The Morgan fingerprint density at radius 3 is 2.41 bits per heavy atom. The van der Waals surface area contributed by atoms with Crippen LogP contribution in [0.2, 0.25) is 0 Å². The number of halogens is 5. The topological polar surface area (TPSA) is 45.3 Å². The number of hydrogen-bond acceptors (Lipinski definition) is 3. The van der Waals surface area contributed by atoms with E-state index in [-0.39, 0.29) is 11.7 Å². The summed E-state index contributed by atoms with van der Waals surface area (Å²) in [6.45, 7) is 1.25. The monoisotopic (exact) mass is 451 g/mol. The van der Waals surface area contributed by atoms with Crippen LogP contribution in [0.3, 0.4) is 0 Å². The highest BCUT2D eigenvalue weighted by atomic mass is 19.4. The maximum atomic E-state index is 13.4. The first-order valence-corrected chi connectivity index (χ1v) is 10.2. The fourth-order valence-electron chi connectivity index (χ4n) is 4.08. The Balaban J connectivity index is 1.46. The van der Waals surface area contributed by atoms with Crippen molar-refractivity contribution in [3.8, 4) is 11.5 Å². The highest BCUT2D eigenvalue weighted by Gasteiger charge is 2.61. The van der Waals surface area contributed by atoms with Crippen LogP contribution >= 0.6 is 0 Å². The van der Waals surface area contributed by atoms with Crippen molar-refractivity contribution in [3.05, 3.63) is 60.3 Å². The summed E-state index contributed by atoms with van der Waals surface area (Å²) in [5.41, 5.74) is 1.73. The van der Waals surface area contributed by atoms with Crippen molar-refractivity contribution in [1.29, 1.82) is 0 Å². The van der Waals surface area contributed by atoms with Crippen LogP contribution in [-0.4, -0.2) is 30.4 Å². The predicted octanol–water partition coefficient (Wildman–Crippen LogP) is 6.37. The summed E-state index contributed by atoms with van der Waals surface area (Å²) in [6, 6.07) is 12.5. The molecular weight excluding hydrogens is 431 g/mol. The summed E-state index contributed by atoms with van der Waals surface area (Å²) in [4.78, 5) is 6.33. The summed E-state index contributed by atoms with van der Waals surface area (Å²) in [6.07, 6.45) is -7.88. The van der Waals surface area contributed by atoms with Crippen molar-refractivity contribution in [2.75, 3.05) is 18.0 Å². The summed E-state index contributed by atoms with van der Waals surface area (Å²) in [7, 11) is 0. The van der Waals surface area contributed by atoms with Gasteiger partial charge in [-0.05, 0) is 48.9 Å². The molecule has 0 spiro atoms. The lowest BCUT2D eigenvalue weighted by atomic mass is 9.89. The van der Waals surface area contributed by atoms with Crippen molar-refractivity contribution in [2.45, 2.75) is 31.5 Å². The molecule has 9 heteroatoms. The lowest BCUT2D eigenvalue weighted by Gasteiger charge is -2.34. The fraction of sp³-hybridized carbons (Fsp3) is 0.348. The number of alkyl halides is 5. The number of anilines is 1. The van der Waals surface area contributed by atoms with Gasteiger partial charge in [-0.3, -0.25) is 10.1 Å². The van der Waals surface area contributed by atoms with Gasteiger partial charge in [0, 0.05) is 25.4 Å². The molecule has 0 N–H and O–H groups in total. The number of fused-ring (bicyclic) bond motifs is 1.